The maximum absolute atomic E-state index is 12.7. The second kappa shape index (κ2) is 11.6. The molecule has 0 aromatic heterocycles. The number of benzene rings is 3. The topological polar surface area (TPSA) is 118 Å². The summed E-state index contributed by atoms with van der Waals surface area (Å²) >= 11 is 3.33. The van der Waals surface area contributed by atoms with Crippen molar-refractivity contribution in [1.82, 2.24) is 5.43 Å². The van der Waals surface area contributed by atoms with Gasteiger partial charge >= 0.3 is 11.8 Å². The molecule has 0 atom stereocenters. The molecule has 0 saturated heterocycles. The SMILES string of the molecule is COc1ccc(OC)c(C=NNC(=O)C(=O)Nc2ccccc2C(=O)Nc2ccc(Br)cc2)c1. The lowest BCUT2D eigenvalue weighted by atomic mass is 10.1. The number of nitrogens with one attached hydrogen (secondary N) is 3. The van der Waals surface area contributed by atoms with Crippen molar-refractivity contribution < 1.29 is 23.9 Å². The van der Waals surface area contributed by atoms with Crippen LogP contribution in [0, 0.1) is 0 Å². The summed E-state index contributed by atoms with van der Waals surface area (Å²) in [5.41, 5.74) is 3.64. The first kappa shape index (κ1) is 24.5. The van der Waals surface area contributed by atoms with Gasteiger partial charge in [0.2, 0.25) is 0 Å². The Bertz CT molecular complexity index is 1230. The van der Waals surface area contributed by atoms with Gasteiger partial charge in [-0.3, -0.25) is 14.4 Å². The van der Waals surface area contributed by atoms with Crippen molar-refractivity contribution in [3.63, 3.8) is 0 Å². The zero-order chi connectivity index (χ0) is 24.5. The van der Waals surface area contributed by atoms with Crippen LogP contribution < -0.4 is 25.5 Å². The Balaban J connectivity index is 1.65. The molecule has 0 fully saturated rings. The van der Waals surface area contributed by atoms with E-state index in [-0.39, 0.29) is 11.3 Å². The number of carbonyl (C=O) groups excluding carboxylic acids is 3. The molecule has 0 aliphatic carbocycles. The number of amides is 3. The molecular formula is C24H21BrN4O5. The number of methoxy groups -OCH3 is 2. The molecule has 0 saturated carbocycles. The van der Waals surface area contributed by atoms with E-state index in [1.54, 1.807) is 54.6 Å². The van der Waals surface area contributed by atoms with E-state index in [4.69, 9.17) is 9.47 Å². The molecule has 3 aromatic carbocycles. The average Bonchev–Trinajstić information content (AvgIpc) is 2.85. The van der Waals surface area contributed by atoms with Crippen molar-refractivity contribution >= 4 is 51.2 Å². The molecule has 0 unspecified atom stereocenters. The van der Waals surface area contributed by atoms with Crippen LogP contribution in [0.3, 0.4) is 0 Å². The van der Waals surface area contributed by atoms with Crippen LogP contribution in [-0.4, -0.2) is 38.2 Å². The normalized spacial score (nSPS) is 10.4. The molecule has 0 aliphatic heterocycles. The smallest absolute Gasteiger partial charge is 0.329 e. The Hall–Kier alpha value is -4.18. The van der Waals surface area contributed by atoms with Gasteiger partial charge in [0, 0.05) is 15.7 Å². The minimum atomic E-state index is -1.01. The molecule has 9 nitrogen and oxygen atoms in total. The molecule has 0 aliphatic rings. The monoisotopic (exact) mass is 524 g/mol. The Morgan fingerprint density at radius 1 is 0.882 bits per heavy atom. The van der Waals surface area contributed by atoms with Gasteiger partial charge in [0.15, 0.2) is 0 Å². The maximum atomic E-state index is 12.7. The van der Waals surface area contributed by atoms with Gasteiger partial charge in [0.05, 0.1) is 31.7 Å². The second-order valence-electron chi connectivity index (χ2n) is 6.77. The number of ether oxygens (including phenoxy) is 2. The lowest BCUT2D eigenvalue weighted by Gasteiger charge is -2.11. The van der Waals surface area contributed by atoms with Crippen LogP contribution in [0.1, 0.15) is 15.9 Å². The van der Waals surface area contributed by atoms with Gasteiger partial charge in [0.25, 0.3) is 5.91 Å². The van der Waals surface area contributed by atoms with E-state index in [2.05, 4.69) is 37.1 Å². The molecule has 3 rings (SSSR count). The van der Waals surface area contributed by atoms with E-state index in [0.717, 1.165) is 4.47 Å². The number of rotatable bonds is 7. The molecule has 0 heterocycles. The summed E-state index contributed by atoms with van der Waals surface area (Å²) in [6.07, 6.45) is 1.33. The molecule has 3 aromatic rings. The number of hydrazone groups is 1. The fourth-order valence-corrected chi connectivity index (χ4v) is 3.12. The Labute approximate surface area is 204 Å². The molecule has 0 bridgehead atoms. The van der Waals surface area contributed by atoms with Crippen LogP contribution in [0.25, 0.3) is 0 Å². The summed E-state index contributed by atoms with van der Waals surface area (Å²) in [7, 11) is 3.02. The fraction of sp³-hybridized carbons (Fsp3) is 0.0833. The zero-order valence-electron chi connectivity index (χ0n) is 18.3. The van der Waals surface area contributed by atoms with Crippen molar-refractivity contribution in [2.24, 2.45) is 5.10 Å². The number of nitrogens with zero attached hydrogens (tertiary/aromatic N) is 1. The first-order valence-electron chi connectivity index (χ1n) is 9.93. The van der Waals surface area contributed by atoms with Gasteiger partial charge in [-0.05, 0) is 54.6 Å². The van der Waals surface area contributed by atoms with Gasteiger partial charge in [-0.2, -0.15) is 5.10 Å². The minimum absolute atomic E-state index is 0.177. The summed E-state index contributed by atoms with van der Waals surface area (Å²) in [4.78, 5) is 37.3. The van der Waals surface area contributed by atoms with E-state index in [1.165, 1.54) is 32.6 Å². The van der Waals surface area contributed by atoms with Gasteiger partial charge in [-0.15, -0.1) is 0 Å². The Morgan fingerprint density at radius 3 is 2.32 bits per heavy atom. The Kier molecular flexibility index (Phi) is 8.36. The number of halogens is 1. The van der Waals surface area contributed by atoms with Crippen LogP contribution in [0.4, 0.5) is 11.4 Å². The van der Waals surface area contributed by atoms with Crippen LogP contribution in [0.2, 0.25) is 0 Å². The first-order chi connectivity index (χ1) is 16.4. The first-order valence-corrected chi connectivity index (χ1v) is 10.7. The highest BCUT2D eigenvalue weighted by molar-refractivity contribution is 9.10. The van der Waals surface area contributed by atoms with E-state index < -0.39 is 17.7 Å². The highest BCUT2D eigenvalue weighted by atomic mass is 79.9. The summed E-state index contributed by atoms with van der Waals surface area (Å²) in [5.74, 6) is -1.36. The van der Waals surface area contributed by atoms with Gasteiger partial charge < -0.3 is 20.1 Å². The number of hydrogen-bond acceptors (Lipinski definition) is 6. The van der Waals surface area contributed by atoms with E-state index in [9.17, 15) is 14.4 Å². The minimum Gasteiger partial charge on any atom is -0.497 e. The lowest BCUT2D eigenvalue weighted by molar-refractivity contribution is -0.136. The van der Waals surface area contributed by atoms with Crippen molar-refractivity contribution in [1.29, 1.82) is 0 Å². The number of carbonyl (C=O) groups is 3. The largest absolute Gasteiger partial charge is 0.497 e. The number of anilines is 2. The van der Waals surface area contributed by atoms with Gasteiger partial charge in [-0.25, -0.2) is 5.43 Å². The third-order valence-corrected chi connectivity index (χ3v) is 5.06. The second-order valence-corrected chi connectivity index (χ2v) is 7.68. The highest BCUT2D eigenvalue weighted by Crippen LogP contribution is 2.22. The summed E-state index contributed by atoms with van der Waals surface area (Å²) in [6.45, 7) is 0. The molecule has 3 amide bonds. The molecular weight excluding hydrogens is 504 g/mol. The summed E-state index contributed by atoms with van der Waals surface area (Å²) < 4.78 is 11.3. The van der Waals surface area contributed by atoms with E-state index in [1.807, 2.05) is 0 Å². The standard InChI is InChI=1S/C24H21BrN4O5/c1-33-18-11-12-21(34-2)15(13-18)14-26-29-24(32)23(31)28-20-6-4-3-5-19(20)22(30)27-17-9-7-16(25)8-10-17/h3-14H,1-2H3,(H,27,30)(H,28,31)(H,29,32). The third-order valence-electron chi connectivity index (χ3n) is 4.53. The van der Waals surface area contributed by atoms with Gasteiger partial charge in [-0.1, -0.05) is 28.1 Å². The number of para-hydroxylation sites is 1. The lowest BCUT2D eigenvalue weighted by Crippen LogP contribution is -2.33. The van der Waals surface area contributed by atoms with E-state index >= 15 is 0 Å². The summed E-state index contributed by atoms with van der Waals surface area (Å²) in [6, 6.07) is 18.4. The predicted molar refractivity (Wildman–Crippen MR) is 132 cm³/mol. The average molecular weight is 525 g/mol. The predicted octanol–water partition coefficient (Wildman–Crippen LogP) is 3.81. The number of hydrogen-bond donors (Lipinski definition) is 3. The maximum Gasteiger partial charge on any atom is 0.329 e. The van der Waals surface area contributed by atoms with Crippen LogP contribution in [0.15, 0.2) is 76.3 Å². The van der Waals surface area contributed by atoms with Crippen LogP contribution in [-0.2, 0) is 9.59 Å². The van der Waals surface area contributed by atoms with Crippen molar-refractivity contribution in [3.8, 4) is 11.5 Å². The highest BCUT2D eigenvalue weighted by Gasteiger charge is 2.18. The fourth-order valence-electron chi connectivity index (χ4n) is 2.85. The molecule has 3 N–H and O–H groups in total. The van der Waals surface area contributed by atoms with Crippen molar-refractivity contribution in [3.05, 3.63) is 82.3 Å². The van der Waals surface area contributed by atoms with E-state index in [0.29, 0.717) is 22.7 Å². The van der Waals surface area contributed by atoms with Crippen molar-refractivity contribution in [2.45, 2.75) is 0 Å². The third kappa shape index (κ3) is 6.42. The van der Waals surface area contributed by atoms with Gasteiger partial charge in [0.1, 0.15) is 11.5 Å². The molecule has 10 heteroatoms. The van der Waals surface area contributed by atoms with Crippen LogP contribution >= 0.6 is 15.9 Å². The summed E-state index contributed by atoms with van der Waals surface area (Å²) in [5, 5.41) is 8.99. The quantitative estimate of drug-likeness (QED) is 0.246. The molecule has 34 heavy (non-hydrogen) atoms. The molecule has 0 spiro atoms. The Morgan fingerprint density at radius 2 is 1.62 bits per heavy atom. The van der Waals surface area contributed by atoms with Crippen molar-refractivity contribution in [2.75, 3.05) is 24.9 Å². The molecule has 174 valence electrons. The zero-order valence-corrected chi connectivity index (χ0v) is 19.9. The molecule has 0 radical (unpaired) electrons. The van der Waals surface area contributed by atoms with Crippen LogP contribution in [0.5, 0.6) is 11.5 Å².